The Kier molecular flexibility index (Phi) is 5.49. The predicted octanol–water partition coefficient (Wildman–Crippen LogP) is 3.03. The smallest absolute Gasteiger partial charge is 0.0757 e. The normalized spacial score (nSPS) is 38.9. The van der Waals surface area contributed by atoms with E-state index in [0.717, 1.165) is 19.0 Å². The van der Waals surface area contributed by atoms with Crippen LogP contribution in [-0.2, 0) is 4.74 Å². The zero-order chi connectivity index (χ0) is 14.8. The summed E-state index contributed by atoms with van der Waals surface area (Å²) in [6.45, 7) is 12.2. The second-order valence-electron chi connectivity index (χ2n) is 7.77. The first-order valence-electron chi connectivity index (χ1n) is 8.55. The molecular formula is C17H34N2O. The molecule has 1 saturated heterocycles. The third-order valence-electron chi connectivity index (χ3n) is 4.98. The summed E-state index contributed by atoms with van der Waals surface area (Å²) < 4.78 is 6.01. The maximum Gasteiger partial charge on any atom is 0.0757 e. The Balaban J connectivity index is 1.90. The van der Waals surface area contributed by atoms with E-state index in [0.29, 0.717) is 18.1 Å². The quantitative estimate of drug-likeness (QED) is 0.861. The van der Waals surface area contributed by atoms with E-state index in [4.69, 9.17) is 10.5 Å². The molecule has 118 valence electrons. The summed E-state index contributed by atoms with van der Waals surface area (Å²) in [5, 5.41) is 0. The Bertz CT molecular complexity index is 305. The van der Waals surface area contributed by atoms with Crippen molar-refractivity contribution in [3.63, 3.8) is 0 Å². The monoisotopic (exact) mass is 282 g/mol. The summed E-state index contributed by atoms with van der Waals surface area (Å²) in [6, 6.07) is 0.407. The SMILES string of the molecule is CCCC1CCC(N)C(CN2CC(C)OC(C)(C)C2)C1. The van der Waals surface area contributed by atoms with Gasteiger partial charge in [0.1, 0.15) is 0 Å². The summed E-state index contributed by atoms with van der Waals surface area (Å²) >= 11 is 0. The van der Waals surface area contributed by atoms with Crippen LogP contribution in [0.4, 0.5) is 0 Å². The van der Waals surface area contributed by atoms with Gasteiger partial charge in [-0.25, -0.2) is 0 Å². The largest absolute Gasteiger partial charge is 0.370 e. The molecule has 0 radical (unpaired) electrons. The van der Waals surface area contributed by atoms with Crippen LogP contribution < -0.4 is 5.73 Å². The summed E-state index contributed by atoms with van der Waals surface area (Å²) in [6.07, 6.45) is 6.93. The van der Waals surface area contributed by atoms with Crippen LogP contribution in [-0.4, -0.2) is 42.3 Å². The molecule has 2 aliphatic rings. The van der Waals surface area contributed by atoms with Gasteiger partial charge in [-0.15, -0.1) is 0 Å². The fraction of sp³-hybridized carbons (Fsp3) is 1.00. The minimum atomic E-state index is -0.0146. The third-order valence-corrected chi connectivity index (χ3v) is 4.98. The molecule has 2 N–H and O–H groups in total. The molecule has 0 aromatic heterocycles. The third kappa shape index (κ3) is 4.44. The van der Waals surface area contributed by atoms with Gasteiger partial charge in [-0.1, -0.05) is 19.8 Å². The molecule has 2 rings (SSSR count). The number of nitrogens with two attached hydrogens (primary N) is 1. The molecule has 3 heteroatoms. The number of ether oxygens (including phenoxy) is 1. The summed E-state index contributed by atoms with van der Waals surface area (Å²) in [7, 11) is 0. The van der Waals surface area contributed by atoms with Crippen LogP contribution in [0.5, 0.6) is 0 Å². The van der Waals surface area contributed by atoms with Crippen LogP contribution in [0.15, 0.2) is 0 Å². The summed E-state index contributed by atoms with van der Waals surface area (Å²) in [4.78, 5) is 2.59. The second-order valence-corrected chi connectivity index (χ2v) is 7.77. The van der Waals surface area contributed by atoms with Gasteiger partial charge in [-0.05, 0) is 51.9 Å². The Morgan fingerprint density at radius 2 is 2.05 bits per heavy atom. The van der Waals surface area contributed by atoms with Gasteiger partial charge in [-0.2, -0.15) is 0 Å². The van der Waals surface area contributed by atoms with E-state index in [1.54, 1.807) is 0 Å². The van der Waals surface area contributed by atoms with Crippen molar-refractivity contribution in [3.05, 3.63) is 0 Å². The zero-order valence-electron chi connectivity index (χ0n) is 13.9. The molecule has 1 aliphatic carbocycles. The molecule has 0 spiro atoms. The van der Waals surface area contributed by atoms with E-state index in [-0.39, 0.29) is 5.60 Å². The maximum absolute atomic E-state index is 6.40. The highest BCUT2D eigenvalue weighted by Crippen LogP contribution is 2.33. The molecule has 1 aliphatic heterocycles. The van der Waals surface area contributed by atoms with Gasteiger partial charge >= 0.3 is 0 Å². The van der Waals surface area contributed by atoms with Crippen molar-refractivity contribution < 1.29 is 4.74 Å². The first-order valence-corrected chi connectivity index (χ1v) is 8.55. The molecule has 0 aromatic rings. The van der Waals surface area contributed by atoms with Crippen molar-refractivity contribution in [1.29, 1.82) is 0 Å². The molecule has 3 nitrogen and oxygen atoms in total. The fourth-order valence-electron chi connectivity index (χ4n) is 4.32. The minimum absolute atomic E-state index is 0.0146. The molecule has 20 heavy (non-hydrogen) atoms. The van der Waals surface area contributed by atoms with Gasteiger partial charge in [-0.3, -0.25) is 4.90 Å². The number of hydrogen-bond acceptors (Lipinski definition) is 3. The van der Waals surface area contributed by atoms with Crippen molar-refractivity contribution in [1.82, 2.24) is 4.90 Å². The van der Waals surface area contributed by atoms with Gasteiger partial charge in [0.05, 0.1) is 11.7 Å². The van der Waals surface area contributed by atoms with Crippen molar-refractivity contribution in [2.24, 2.45) is 17.6 Å². The second kappa shape index (κ2) is 6.76. The van der Waals surface area contributed by atoms with Crippen LogP contribution in [0.1, 0.15) is 59.8 Å². The van der Waals surface area contributed by atoms with Crippen LogP contribution >= 0.6 is 0 Å². The first-order chi connectivity index (χ1) is 9.39. The molecule has 1 heterocycles. The van der Waals surface area contributed by atoms with E-state index in [2.05, 4.69) is 32.6 Å². The minimum Gasteiger partial charge on any atom is -0.370 e. The summed E-state index contributed by atoms with van der Waals surface area (Å²) in [5.74, 6) is 1.60. The zero-order valence-corrected chi connectivity index (χ0v) is 13.9. The number of nitrogens with zero attached hydrogens (tertiary/aromatic N) is 1. The van der Waals surface area contributed by atoms with E-state index in [1.807, 2.05) is 0 Å². The molecule has 0 bridgehead atoms. The topological polar surface area (TPSA) is 38.5 Å². The molecular weight excluding hydrogens is 248 g/mol. The Morgan fingerprint density at radius 1 is 1.30 bits per heavy atom. The molecule has 4 atom stereocenters. The van der Waals surface area contributed by atoms with Crippen molar-refractivity contribution in [2.75, 3.05) is 19.6 Å². The van der Waals surface area contributed by atoms with Gasteiger partial charge in [0, 0.05) is 25.7 Å². The van der Waals surface area contributed by atoms with Gasteiger partial charge in [0.2, 0.25) is 0 Å². The van der Waals surface area contributed by atoms with Crippen molar-refractivity contribution in [3.8, 4) is 0 Å². The average Bonchev–Trinajstić information content (AvgIpc) is 2.31. The lowest BCUT2D eigenvalue weighted by molar-refractivity contribution is -0.132. The highest BCUT2D eigenvalue weighted by Gasteiger charge is 2.35. The van der Waals surface area contributed by atoms with Crippen LogP contribution in [0.3, 0.4) is 0 Å². The van der Waals surface area contributed by atoms with Gasteiger partial charge in [0.15, 0.2) is 0 Å². The molecule has 0 amide bonds. The highest BCUT2D eigenvalue weighted by atomic mass is 16.5. The standard InChI is InChI=1S/C17H34N2O/c1-5-6-14-7-8-16(18)15(9-14)11-19-10-13(2)20-17(3,4)12-19/h13-16H,5-12,18H2,1-4H3. The van der Waals surface area contributed by atoms with Crippen molar-refractivity contribution >= 4 is 0 Å². The van der Waals surface area contributed by atoms with E-state index in [9.17, 15) is 0 Å². The van der Waals surface area contributed by atoms with Crippen molar-refractivity contribution in [2.45, 2.75) is 77.5 Å². The van der Waals surface area contributed by atoms with Crippen LogP contribution in [0.25, 0.3) is 0 Å². The van der Waals surface area contributed by atoms with Crippen LogP contribution in [0.2, 0.25) is 0 Å². The van der Waals surface area contributed by atoms with E-state index >= 15 is 0 Å². The van der Waals surface area contributed by atoms with Gasteiger partial charge in [0.25, 0.3) is 0 Å². The fourth-order valence-corrected chi connectivity index (χ4v) is 4.32. The van der Waals surface area contributed by atoms with Crippen LogP contribution in [0, 0.1) is 11.8 Å². The lowest BCUT2D eigenvalue weighted by Gasteiger charge is -2.45. The first kappa shape index (κ1) is 16.3. The molecule has 2 fully saturated rings. The van der Waals surface area contributed by atoms with Gasteiger partial charge < -0.3 is 10.5 Å². The highest BCUT2D eigenvalue weighted by molar-refractivity contribution is 4.88. The molecule has 1 saturated carbocycles. The van der Waals surface area contributed by atoms with E-state index < -0.39 is 0 Å². The molecule has 4 unspecified atom stereocenters. The predicted molar refractivity (Wildman–Crippen MR) is 84.8 cm³/mol. The lowest BCUT2D eigenvalue weighted by atomic mass is 9.76. The maximum atomic E-state index is 6.40. The lowest BCUT2D eigenvalue weighted by Crippen LogP contribution is -2.54. The number of morpholine rings is 1. The Labute approximate surface area is 125 Å². The number of rotatable bonds is 4. The Hall–Kier alpha value is -0.120. The average molecular weight is 282 g/mol. The molecule has 0 aromatic carbocycles. The number of hydrogen-bond donors (Lipinski definition) is 1. The summed E-state index contributed by atoms with van der Waals surface area (Å²) in [5.41, 5.74) is 6.38. The Morgan fingerprint density at radius 3 is 2.70 bits per heavy atom. The van der Waals surface area contributed by atoms with E-state index in [1.165, 1.54) is 38.6 Å².